The second-order valence-corrected chi connectivity index (χ2v) is 6.33. The second-order valence-electron chi connectivity index (χ2n) is 6.33. The molecule has 1 aromatic carbocycles. The van der Waals surface area contributed by atoms with Crippen molar-refractivity contribution in [3.05, 3.63) is 54.4 Å². The van der Waals surface area contributed by atoms with Crippen LogP contribution < -0.4 is 5.73 Å². The fourth-order valence-corrected chi connectivity index (χ4v) is 3.09. The lowest BCUT2D eigenvalue weighted by molar-refractivity contribution is 0.00844. The van der Waals surface area contributed by atoms with Crippen molar-refractivity contribution in [1.29, 1.82) is 0 Å². The molecule has 2 N–H and O–H groups in total. The zero-order valence-electron chi connectivity index (χ0n) is 14.4. The number of carbonyl (C=O) groups excluding carboxylic acids is 1. The Morgan fingerprint density at radius 3 is 2.64 bits per heavy atom. The van der Waals surface area contributed by atoms with E-state index >= 15 is 0 Å². The van der Waals surface area contributed by atoms with Gasteiger partial charge in [0.05, 0.1) is 11.7 Å². The van der Waals surface area contributed by atoms with E-state index in [1.165, 1.54) is 0 Å². The molecule has 1 aromatic heterocycles. The highest BCUT2D eigenvalue weighted by Gasteiger charge is 2.24. The number of aromatic nitrogens is 1. The Kier molecular flexibility index (Phi) is 6.14. The molecule has 2 heterocycles. The van der Waals surface area contributed by atoms with Gasteiger partial charge < -0.3 is 15.4 Å². The molecule has 0 unspecified atom stereocenters. The molecule has 132 valence electrons. The van der Waals surface area contributed by atoms with Gasteiger partial charge in [0.15, 0.2) is 0 Å². The van der Waals surface area contributed by atoms with Gasteiger partial charge in [0.25, 0.3) is 5.91 Å². The van der Waals surface area contributed by atoms with Gasteiger partial charge in [-0.3, -0.25) is 9.78 Å². The molecule has 2 aromatic rings. The number of carbonyl (C=O) groups is 1. The average Bonchev–Trinajstić information content (AvgIpc) is 2.69. The van der Waals surface area contributed by atoms with Crippen molar-refractivity contribution in [2.75, 3.05) is 26.2 Å². The van der Waals surface area contributed by atoms with E-state index in [2.05, 4.69) is 4.98 Å². The van der Waals surface area contributed by atoms with E-state index in [0.717, 1.165) is 43.5 Å². The summed E-state index contributed by atoms with van der Waals surface area (Å²) in [6, 6.07) is 11.9. The Bertz CT molecular complexity index is 682. The first-order valence-electron chi connectivity index (χ1n) is 8.89. The molecule has 5 nitrogen and oxygen atoms in total. The minimum atomic E-state index is 0.0469. The van der Waals surface area contributed by atoms with E-state index in [1.807, 2.05) is 41.3 Å². The van der Waals surface area contributed by atoms with E-state index in [9.17, 15) is 4.79 Å². The van der Waals surface area contributed by atoms with Crippen LogP contribution in [-0.4, -0.2) is 48.1 Å². The largest absolute Gasteiger partial charge is 0.378 e. The Balaban J connectivity index is 1.61. The van der Waals surface area contributed by atoms with Gasteiger partial charge in [-0.05, 0) is 37.4 Å². The minimum Gasteiger partial charge on any atom is -0.378 e. The Morgan fingerprint density at radius 1 is 1.16 bits per heavy atom. The van der Waals surface area contributed by atoms with Crippen LogP contribution in [0.15, 0.2) is 48.8 Å². The number of amides is 1. The number of nitrogens with two attached hydrogens (primary N) is 1. The summed E-state index contributed by atoms with van der Waals surface area (Å²) in [5, 5.41) is 0. The molecule has 1 aliphatic rings. The van der Waals surface area contributed by atoms with Gasteiger partial charge in [-0.25, -0.2) is 0 Å². The van der Waals surface area contributed by atoms with Crippen molar-refractivity contribution < 1.29 is 9.53 Å². The van der Waals surface area contributed by atoms with Crippen LogP contribution in [0.2, 0.25) is 0 Å². The third kappa shape index (κ3) is 4.65. The zero-order chi connectivity index (χ0) is 17.5. The summed E-state index contributed by atoms with van der Waals surface area (Å²) in [7, 11) is 0. The quantitative estimate of drug-likeness (QED) is 0.822. The van der Waals surface area contributed by atoms with E-state index in [4.69, 9.17) is 10.5 Å². The highest BCUT2D eigenvalue weighted by molar-refractivity contribution is 5.95. The van der Waals surface area contributed by atoms with Gasteiger partial charge in [-0.2, -0.15) is 0 Å². The standard InChI is InChI=1S/C20H25N3O2/c21-9-4-12-25-19-7-10-23(11-8-19)20(24)18-13-17(14-22-15-18)16-5-2-1-3-6-16/h1-3,5-6,13-15,19H,4,7-12,21H2. The first-order chi connectivity index (χ1) is 12.3. The van der Waals surface area contributed by atoms with Crippen LogP contribution in [-0.2, 0) is 4.74 Å². The van der Waals surface area contributed by atoms with Crippen LogP contribution in [0.4, 0.5) is 0 Å². The lowest BCUT2D eigenvalue weighted by Crippen LogP contribution is -2.41. The number of hydrogen-bond donors (Lipinski definition) is 1. The fraction of sp³-hybridized carbons (Fsp3) is 0.400. The molecule has 5 heteroatoms. The zero-order valence-corrected chi connectivity index (χ0v) is 14.4. The summed E-state index contributed by atoms with van der Waals surface area (Å²) in [6.45, 7) is 2.81. The number of pyridine rings is 1. The molecular formula is C20H25N3O2. The smallest absolute Gasteiger partial charge is 0.255 e. The van der Waals surface area contributed by atoms with Crippen molar-refractivity contribution >= 4 is 5.91 Å². The van der Waals surface area contributed by atoms with Crippen molar-refractivity contribution in [3.63, 3.8) is 0 Å². The van der Waals surface area contributed by atoms with Gasteiger partial charge in [0.1, 0.15) is 0 Å². The van der Waals surface area contributed by atoms with Crippen LogP contribution in [0.3, 0.4) is 0 Å². The molecule has 0 saturated carbocycles. The SMILES string of the molecule is NCCCOC1CCN(C(=O)c2cncc(-c3ccccc3)c2)CC1. The van der Waals surface area contributed by atoms with Crippen LogP contribution in [0.1, 0.15) is 29.6 Å². The number of hydrogen-bond acceptors (Lipinski definition) is 4. The first kappa shape index (κ1) is 17.6. The second kappa shape index (κ2) is 8.74. The van der Waals surface area contributed by atoms with Crippen molar-refractivity contribution in [3.8, 4) is 11.1 Å². The molecule has 0 bridgehead atoms. The maximum absolute atomic E-state index is 12.8. The molecular weight excluding hydrogens is 314 g/mol. The number of ether oxygens (including phenoxy) is 1. The molecule has 0 aliphatic carbocycles. The number of rotatable bonds is 6. The van der Waals surface area contributed by atoms with Crippen molar-refractivity contribution in [2.24, 2.45) is 5.73 Å². The summed E-state index contributed by atoms with van der Waals surface area (Å²) in [5.41, 5.74) is 8.16. The molecule has 0 spiro atoms. The van der Waals surface area contributed by atoms with Gasteiger partial charge in [0.2, 0.25) is 0 Å². The van der Waals surface area contributed by atoms with Crippen LogP contribution in [0.25, 0.3) is 11.1 Å². The lowest BCUT2D eigenvalue weighted by Gasteiger charge is -2.32. The maximum Gasteiger partial charge on any atom is 0.255 e. The van der Waals surface area contributed by atoms with Gasteiger partial charge >= 0.3 is 0 Å². The van der Waals surface area contributed by atoms with Crippen LogP contribution >= 0.6 is 0 Å². The van der Waals surface area contributed by atoms with E-state index in [-0.39, 0.29) is 12.0 Å². The van der Waals surface area contributed by atoms with Crippen molar-refractivity contribution in [2.45, 2.75) is 25.4 Å². The molecule has 1 aliphatic heterocycles. The number of nitrogens with zero attached hydrogens (tertiary/aromatic N) is 2. The fourth-order valence-electron chi connectivity index (χ4n) is 3.09. The van der Waals surface area contributed by atoms with Gasteiger partial charge in [-0.15, -0.1) is 0 Å². The Morgan fingerprint density at radius 2 is 1.92 bits per heavy atom. The number of likely N-dealkylation sites (tertiary alicyclic amines) is 1. The highest BCUT2D eigenvalue weighted by Crippen LogP contribution is 2.21. The normalized spacial score (nSPS) is 15.3. The Labute approximate surface area is 148 Å². The van der Waals surface area contributed by atoms with Crippen LogP contribution in [0, 0.1) is 0 Å². The highest BCUT2D eigenvalue weighted by atomic mass is 16.5. The summed E-state index contributed by atoms with van der Waals surface area (Å²) >= 11 is 0. The predicted octanol–water partition coefficient (Wildman–Crippen LogP) is 2.72. The predicted molar refractivity (Wildman–Crippen MR) is 98.2 cm³/mol. The monoisotopic (exact) mass is 339 g/mol. The number of benzene rings is 1. The molecule has 3 rings (SSSR count). The first-order valence-corrected chi connectivity index (χ1v) is 8.89. The summed E-state index contributed by atoms with van der Waals surface area (Å²) in [4.78, 5) is 18.9. The van der Waals surface area contributed by atoms with Crippen LogP contribution in [0.5, 0.6) is 0 Å². The van der Waals surface area contributed by atoms with E-state index < -0.39 is 0 Å². The van der Waals surface area contributed by atoms with Gasteiger partial charge in [-0.1, -0.05) is 30.3 Å². The maximum atomic E-state index is 12.8. The van der Waals surface area contributed by atoms with E-state index in [1.54, 1.807) is 12.4 Å². The molecule has 1 saturated heterocycles. The van der Waals surface area contributed by atoms with Crippen molar-refractivity contribution in [1.82, 2.24) is 9.88 Å². The third-order valence-electron chi connectivity index (χ3n) is 4.52. The number of piperidine rings is 1. The summed E-state index contributed by atoms with van der Waals surface area (Å²) in [5.74, 6) is 0.0469. The average molecular weight is 339 g/mol. The molecule has 0 atom stereocenters. The Hall–Kier alpha value is -2.24. The summed E-state index contributed by atoms with van der Waals surface area (Å²) in [6.07, 6.45) is 6.33. The topological polar surface area (TPSA) is 68.5 Å². The molecule has 1 amide bonds. The van der Waals surface area contributed by atoms with Gasteiger partial charge in [0, 0.05) is 37.7 Å². The molecule has 25 heavy (non-hydrogen) atoms. The molecule has 1 fully saturated rings. The van der Waals surface area contributed by atoms with E-state index in [0.29, 0.717) is 18.7 Å². The third-order valence-corrected chi connectivity index (χ3v) is 4.52. The lowest BCUT2D eigenvalue weighted by atomic mass is 10.0. The summed E-state index contributed by atoms with van der Waals surface area (Å²) < 4.78 is 5.80. The minimum absolute atomic E-state index is 0.0469. The molecule has 0 radical (unpaired) electrons.